The van der Waals surface area contributed by atoms with Crippen LogP contribution in [0.2, 0.25) is 0 Å². The van der Waals surface area contributed by atoms with Gasteiger partial charge in [0.15, 0.2) is 5.75 Å². The van der Waals surface area contributed by atoms with E-state index in [1.165, 1.54) is 0 Å². The van der Waals surface area contributed by atoms with Crippen molar-refractivity contribution in [2.75, 3.05) is 6.61 Å². The van der Waals surface area contributed by atoms with Crippen LogP contribution in [0.5, 0.6) is 23.1 Å². The molecule has 0 atom stereocenters. The summed E-state index contributed by atoms with van der Waals surface area (Å²) in [6, 6.07) is 12.9. The molecule has 2 aromatic heterocycles. The second-order valence-corrected chi connectivity index (χ2v) is 6.24. The van der Waals surface area contributed by atoms with Crippen LogP contribution in [0.1, 0.15) is 12.0 Å². The first kappa shape index (κ1) is 17.2. The average Bonchev–Trinajstić information content (AvgIpc) is 2.62. The van der Waals surface area contributed by atoms with Gasteiger partial charge in [0.1, 0.15) is 11.5 Å². The average molecular weight is 401 g/mol. The van der Waals surface area contributed by atoms with Gasteiger partial charge in [-0.2, -0.15) is 0 Å². The molecule has 0 radical (unpaired) electrons. The lowest BCUT2D eigenvalue weighted by atomic mass is 10.1. The van der Waals surface area contributed by atoms with Crippen molar-refractivity contribution in [3.63, 3.8) is 0 Å². The van der Waals surface area contributed by atoms with Crippen LogP contribution in [0.3, 0.4) is 0 Å². The molecule has 3 rings (SSSR count). The Hall–Kier alpha value is -2.60. The molecule has 0 aliphatic heterocycles. The molecule has 0 amide bonds. The van der Waals surface area contributed by atoms with Crippen LogP contribution >= 0.6 is 15.9 Å². The minimum Gasteiger partial charge on any atom is -0.503 e. The molecule has 0 saturated carbocycles. The highest BCUT2D eigenvalue weighted by Crippen LogP contribution is 2.32. The van der Waals surface area contributed by atoms with Gasteiger partial charge < -0.3 is 14.6 Å². The molecular formula is C19H17BrN2O3. The topological polar surface area (TPSA) is 64.5 Å². The van der Waals surface area contributed by atoms with E-state index in [1.54, 1.807) is 30.7 Å². The molecule has 128 valence electrons. The van der Waals surface area contributed by atoms with Gasteiger partial charge in [0.25, 0.3) is 5.88 Å². The molecule has 0 saturated heterocycles. The zero-order chi connectivity index (χ0) is 17.5. The van der Waals surface area contributed by atoms with Gasteiger partial charge in [0.05, 0.1) is 12.8 Å². The summed E-state index contributed by atoms with van der Waals surface area (Å²) in [7, 11) is 0. The van der Waals surface area contributed by atoms with Crippen molar-refractivity contribution < 1.29 is 14.6 Å². The maximum atomic E-state index is 10.4. The predicted octanol–water partition coefficient (Wildman–Crippen LogP) is 4.75. The van der Waals surface area contributed by atoms with Gasteiger partial charge in [-0.05, 0) is 49.2 Å². The lowest BCUT2D eigenvalue weighted by Gasteiger charge is -2.10. The van der Waals surface area contributed by atoms with Gasteiger partial charge in [-0.1, -0.05) is 22.0 Å². The standard InChI is InChI=1S/C19H17BrN2O3/c20-15-5-1-6-16(12-15)25-19-18(23)14(8-10-22-19)4-3-11-24-17-7-2-9-21-13-17/h1-2,5-10,12-13,23H,3-4,11H2. The molecular weight excluding hydrogens is 384 g/mol. The Kier molecular flexibility index (Phi) is 5.85. The first-order valence-electron chi connectivity index (χ1n) is 7.85. The van der Waals surface area contributed by atoms with Gasteiger partial charge in [-0.15, -0.1) is 0 Å². The molecule has 0 spiro atoms. The van der Waals surface area contributed by atoms with Crippen LogP contribution in [0.25, 0.3) is 0 Å². The predicted molar refractivity (Wildman–Crippen MR) is 98.2 cm³/mol. The largest absolute Gasteiger partial charge is 0.503 e. The quantitative estimate of drug-likeness (QED) is 0.579. The van der Waals surface area contributed by atoms with Crippen molar-refractivity contribution in [2.24, 2.45) is 0 Å². The highest BCUT2D eigenvalue weighted by molar-refractivity contribution is 9.10. The monoisotopic (exact) mass is 400 g/mol. The molecule has 1 N–H and O–H groups in total. The summed E-state index contributed by atoms with van der Waals surface area (Å²) in [5.74, 6) is 1.60. The Morgan fingerprint density at radius 1 is 1.04 bits per heavy atom. The van der Waals surface area contributed by atoms with Gasteiger partial charge in [0, 0.05) is 22.4 Å². The first-order valence-corrected chi connectivity index (χ1v) is 8.65. The minimum atomic E-state index is 0.0591. The fourth-order valence-corrected chi connectivity index (χ4v) is 2.65. The molecule has 0 aliphatic rings. The van der Waals surface area contributed by atoms with Crippen molar-refractivity contribution in [1.82, 2.24) is 9.97 Å². The van der Waals surface area contributed by atoms with Crippen LogP contribution in [0, 0.1) is 0 Å². The van der Waals surface area contributed by atoms with Crippen molar-refractivity contribution in [3.05, 3.63) is 71.1 Å². The Labute approximate surface area is 154 Å². The molecule has 0 aliphatic carbocycles. The third-order valence-electron chi connectivity index (χ3n) is 3.48. The second kappa shape index (κ2) is 8.48. The fourth-order valence-electron chi connectivity index (χ4n) is 2.28. The normalized spacial score (nSPS) is 10.4. The zero-order valence-corrected chi connectivity index (χ0v) is 15.0. The van der Waals surface area contributed by atoms with Gasteiger partial charge in [0.2, 0.25) is 0 Å². The fraction of sp³-hybridized carbons (Fsp3) is 0.158. The number of nitrogens with zero attached hydrogens (tertiary/aromatic N) is 2. The van der Waals surface area contributed by atoms with Crippen LogP contribution < -0.4 is 9.47 Å². The second-order valence-electron chi connectivity index (χ2n) is 5.32. The minimum absolute atomic E-state index is 0.0591. The van der Waals surface area contributed by atoms with E-state index in [4.69, 9.17) is 9.47 Å². The number of hydrogen-bond acceptors (Lipinski definition) is 5. The highest BCUT2D eigenvalue weighted by atomic mass is 79.9. The molecule has 0 bridgehead atoms. The SMILES string of the molecule is Oc1c(CCCOc2cccnc2)ccnc1Oc1cccc(Br)c1. The summed E-state index contributed by atoms with van der Waals surface area (Å²) in [6.07, 6.45) is 6.42. The lowest BCUT2D eigenvalue weighted by Crippen LogP contribution is -2.00. The smallest absolute Gasteiger partial charge is 0.262 e. The van der Waals surface area contributed by atoms with E-state index in [2.05, 4.69) is 25.9 Å². The Bertz CT molecular complexity index is 828. The van der Waals surface area contributed by atoms with Crippen LogP contribution in [0.15, 0.2) is 65.5 Å². The molecule has 0 fully saturated rings. The number of hydrogen-bond donors (Lipinski definition) is 1. The summed E-state index contributed by atoms with van der Waals surface area (Å²) in [6.45, 7) is 0.537. The Morgan fingerprint density at radius 2 is 1.92 bits per heavy atom. The number of aromatic nitrogens is 2. The lowest BCUT2D eigenvalue weighted by molar-refractivity contribution is 0.308. The van der Waals surface area contributed by atoms with E-state index in [0.29, 0.717) is 18.8 Å². The van der Waals surface area contributed by atoms with Crippen molar-refractivity contribution in [1.29, 1.82) is 0 Å². The van der Waals surface area contributed by atoms with E-state index in [-0.39, 0.29) is 11.6 Å². The number of ether oxygens (including phenoxy) is 2. The van der Waals surface area contributed by atoms with E-state index < -0.39 is 0 Å². The maximum Gasteiger partial charge on any atom is 0.262 e. The van der Waals surface area contributed by atoms with Crippen LogP contribution in [-0.4, -0.2) is 21.7 Å². The molecule has 5 nitrogen and oxygen atoms in total. The number of pyridine rings is 2. The number of rotatable bonds is 7. The van der Waals surface area contributed by atoms with Crippen LogP contribution in [0.4, 0.5) is 0 Å². The number of halogens is 1. The molecule has 1 aromatic carbocycles. The van der Waals surface area contributed by atoms with E-state index >= 15 is 0 Å². The van der Waals surface area contributed by atoms with Crippen molar-refractivity contribution in [2.45, 2.75) is 12.8 Å². The highest BCUT2D eigenvalue weighted by Gasteiger charge is 2.11. The van der Waals surface area contributed by atoms with E-state index in [0.717, 1.165) is 22.2 Å². The summed E-state index contributed by atoms with van der Waals surface area (Å²) >= 11 is 3.39. The molecule has 25 heavy (non-hydrogen) atoms. The zero-order valence-electron chi connectivity index (χ0n) is 13.4. The number of aromatic hydroxyl groups is 1. The third kappa shape index (κ3) is 4.93. The summed E-state index contributed by atoms with van der Waals surface area (Å²) in [4.78, 5) is 8.11. The summed E-state index contributed by atoms with van der Waals surface area (Å²) in [5, 5.41) is 10.4. The maximum absolute atomic E-state index is 10.4. The summed E-state index contributed by atoms with van der Waals surface area (Å²) < 4.78 is 12.2. The Balaban J connectivity index is 1.59. The van der Waals surface area contributed by atoms with Crippen molar-refractivity contribution >= 4 is 15.9 Å². The van der Waals surface area contributed by atoms with E-state index in [1.807, 2.05) is 30.3 Å². The van der Waals surface area contributed by atoms with Crippen LogP contribution in [-0.2, 0) is 6.42 Å². The third-order valence-corrected chi connectivity index (χ3v) is 3.97. The number of benzene rings is 1. The van der Waals surface area contributed by atoms with Gasteiger partial charge in [-0.3, -0.25) is 4.98 Å². The van der Waals surface area contributed by atoms with Gasteiger partial charge in [-0.25, -0.2) is 4.98 Å². The molecule has 3 aromatic rings. The van der Waals surface area contributed by atoms with Gasteiger partial charge >= 0.3 is 0 Å². The Morgan fingerprint density at radius 3 is 2.72 bits per heavy atom. The van der Waals surface area contributed by atoms with Crippen molar-refractivity contribution in [3.8, 4) is 23.1 Å². The van der Waals surface area contributed by atoms with E-state index in [9.17, 15) is 5.11 Å². The molecule has 6 heteroatoms. The molecule has 0 unspecified atom stereocenters. The number of aryl methyl sites for hydroxylation is 1. The first-order chi connectivity index (χ1) is 12.2. The summed E-state index contributed by atoms with van der Waals surface area (Å²) in [5.41, 5.74) is 0.773. The molecule has 2 heterocycles.